The average Bonchev–Trinajstić information content (AvgIpc) is 3.35. The van der Waals surface area contributed by atoms with E-state index in [0.717, 1.165) is 0 Å². The van der Waals surface area contributed by atoms with E-state index in [9.17, 15) is 17.6 Å². The van der Waals surface area contributed by atoms with Gasteiger partial charge in [-0.05, 0) is 43.2 Å². The van der Waals surface area contributed by atoms with Gasteiger partial charge in [0.1, 0.15) is 10.7 Å². The lowest BCUT2D eigenvalue weighted by Crippen LogP contribution is -2.53. The molecular weight excluding hydrogens is 521 g/mol. The summed E-state index contributed by atoms with van der Waals surface area (Å²) in [6, 6.07) is 11.2. The molecule has 2 aliphatic rings. The zero-order chi connectivity index (χ0) is 26.2. The number of piperazine rings is 1. The van der Waals surface area contributed by atoms with E-state index in [1.165, 1.54) is 22.5 Å². The van der Waals surface area contributed by atoms with Crippen molar-refractivity contribution in [1.82, 2.24) is 19.3 Å². The van der Waals surface area contributed by atoms with Crippen molar-refractivity contribution < 1.29 is 22.1 Å². The number of benzene rings is 2. The number of halogens is 2. The van der Waals surface area contributed by atoms with Crippen molar-refractivity contribution in [2.24, 2.45) is 5.92 Å². The van der Waals surface area contributed by atoms with Gasteiger partial charge in [0.2, 0.25) is 27.6 Å². The molecule has 12 heteroatoms. The van der Waals surface area contributed by atoms with Crippen LogP contribution in [0, 0.1) is 18.7 Å². The van der Waals surface area contributed by atoms with Gasteiger partial charge in [-0.2, -0.15) is 9.29 Å². The van der Waals surface area contributed by atoms with Crippen LogP contribution in [0.15, 0.2) is 51.9 Å². The lowest BCUT2D eigenvalue weighted by Gasteiger charge is -2.39. The third-order valence-corrected chi connectivity index (χ3v) is 9.20. The number of piperidine rings is 1. The second kappa shape index (κ2) is 10.4. The van der Waals surface area contributed by atoms with Crippen LogP contribution in [0.3, 0.4) is 0 Å². The molecule has 0 saturated carbocycles. The molecule has 0 radical (unpaired) electrons. The zero-order valence-corrected chi connectivity index (χ0v) is 21.9. The number of carbonyl (C=O) groups excluding carboxylic acids is 1. The first kappa shape index (κ1) is 25.6. The number of para-hydroxylation sites is 1. The fourth-order valence-electron chi connectivity index (χ4n) is 4.89. The van der Waals surface area contributed by atoms with Gasteiger partial charge in [0.25, 0.3) is 0 Å². The molecule has 37 heavy (non-hydrogen) atoms. The van der Waals surface area contributed by atoms with Gasteiger partial charge in [0, 0.05) is 51.8 Å². The first-order valence-electron chi connectivity index (χ1n) is 12.1. The summed E-state index contributed by atoms with van der Waals surface area (Å²) in [7, 11) is -3.97. The fraction of sp³-hybridized carbons (Fsp3) is 0.400. The minimum absolute atomic E-state index is 0.0549. The summed E-state index contributed by atoms with van der Waals surface area (Å²) in [5, 5.41) is 3.94. The van der Waals surface area contributed by atoms with Crippen LogP contribution in [-0.4, -0.2) is 72.9 Å². The van der Waals surface area contributed by atoms with E-state index in [1.807, 2.05) is 4.90 Å². The quantitative estimate of drug-likeness (QED) is 0.481. The Labute approximate surface area is 219 Å². The zero-order valence-electron chi connectivity index (χ0n) is 20.3. The maximum atomic E-state index is 14.2. The Morgan fingerprint density at radius 2 is 1.86 bits per heavy atom. The van der Waals surface area contributed by atoms with Crippen molar-refractivity contribution in [3.63, 3.8) is 0 Å². The molecule has 1 aromatic heterocycles. The minimum Gasteiger partial charge on any atom is -0.366 e. The van der Waals surface area contributed by atoms with Crippen LogP contribution < -0.4 is 4.90 Å². The van der Waals surface area contributed by atoms with Gasteiger partial charge in [-0.15, -0.1) is 0 Å². The number of hydrogen-bond donors (Lipinski definition) is 0. The number of rotatable bonds is 5. The lowest BCUT2D eigenvalue weighted by molar-refractivity contribution is -0.137. The molecule has 2 aromatic carbocycles. The summed E-state index contributed by atoms with van der Waals surface area (Å²) in [5.74, 6) is -0.179. The van der Waals surface area contributed by atoms with Crippen molar-refractivity contribution in [1.29, 1.82) is 0 Å². The summed E-state index contributed by atoms with van der Waals surface area (Å²) in [5.41, 5.74) is 0.997. The standard InChI is InChI=1S/C25H27ClFN5O4S/c1-17-28-24(29-36-17)18-8-9-20(26)23(15-18)37(34,35)32-10-4-5-19(16-32)25(33)31-13-11-30(12-14-31)22-7-3-2-6-21(22)27/h2-3,6-9,15,19H,4-5,10-14,16H2,1H3/t19-/m1/s1. The molecule has 0 spiro atoms. The number of sulfonamides is 1. The highest BCUT2D eigenvalue weighted by molar-refractivity contribution is 7.89. The molecule has 3 heterocycles. The Kier molecular flexibility index (Phi) is 7.19. The van der Waals surface area contributed by atoms with Crippen LogP contribution in [0.25, 0.3) is 11.4 Å². The summed E-state index contributed by atoms with van der Waals surface area (Å²) in [6.07, 6.45) is 1.17. The molecule has 2 aliphatic heterocycles. The first-order valence-corrected chi connectivity index (χ1v) is 13.9. The number of hydrogen-bond acceptors (Lipinski definition) is 7. The highest BCUT2D eigenvalue weighted by atomic mass is 35.5. The normalized spacial score (nSPS) is 19.3. The number of aryl methyl sites for hydroxylation is 1. The van der Waals surface area contributed by atoms with E-state index < -0.39 is 15.9 Å². The molecule has 3 aromatic rings. The molecule has 5 rings (SSSR count). The van der Waals surface area contributed by atoms with Gasteiger partial charge in [-0.3, -0.25) is 4.79 Å². The van der Waals surface area contributed by atoms with Crippen molar-refractivity contribution >= 4 is 33.2 Å². The van der Waals surface area contributed by atoms with Gasteiger partial charge >= 0.3 is 0 Å². The minimum atomic E-state index is -3.97. The van der Waals surface area contributed by atoms with Crippen LogP contribution in [0.1, 0.15) is 18.7 Å². The molecule has 2 fully saturated rings. The average molecular weight is 548 g/mol. The molecule has 0 aliphatic carbocycles. The first-order chi connectivity index (χ1) is 17.7. The molecule has 0 N–H and O–H groups in total. The molecule has 0 bridgehead atoms. The Morgan fingerprint density at radius 3 is 2.57 bits per heavy atom. The molecule has 2 saturated heterocycles. The highest BCUT2D eigenvalue weighted by Crippen LogP contribution is 2.32. The molecular formula is C25H27ClFN5O4S. The van der Waals surface area contributed by atoms with E-state index in [2.05, 4.69) is 10.1 Å². The van der Waals surface area contributed by atoms with E-state index in [1.54, 1.807) is 36.1 Å². The molecule has 1 amide bonds. The summed E-state index contributed by atoms with van der Waals surface area (Å²) in [6.45, 7) is 3.96. The van der Waals surface area contributed by atoms with E-state index in [0.29, 0.717) is 62.7 Å². The Morgan fingerprint density at radius 1 is 1.11 bits per heavy atom. The number of aromatic nitrogens is 2. The van der Waals surface area contributed by atoms with Crippen LogP contribution in [0.4, 0.5) is 10.1 Å². The van der Waals surface area contributed by atoms with Crippen molar-refractivity contribution in [2.75, 3.05) is 44.2 Å². The predicted octanol–water partition coefficient (Wildman–Crippen LogP) is 3.59. The monoisotopic (exact) mass is 547 g/mol. The third kappa shape index (κ3) is 5.21. The van der Waals surface area contributed by atoms with Crippen molar-refractivity contribution in [2.45, 2.75) is 24.7 Å². The summed E-state index contributed by atoms with van der Waals surface area (Å²) >= 11 is 6.31. The van der Waals surface area contributed by atoms with Crippen LogP contribution in [-0.2, 0) is 14.8 Å². The van der Waals surface area contributed by atoms with Gasteiger partial charge in [0.15, 0.2) is 0 Å². The number of nitrogens with zero attached hydrogens (tertiary/aromatic N) is 5. The number of carbonyl (C=O) groups is 1. The lowest BCUT2D eigenvalue weighted by atomic mass is 9.97. The third-order valence-electron chi connectivity index (χ3n) is 6.85. The SMILES string of the molecule is Cc1nc(-c2ccc(Cl)c(S(=O)(=O)N3CCC[C@@H](C(=O)N4CCN(c5ccccc5F)CC4)C3)c2)no1. The molecule has 0 unspecified atom stereocenters. The Bertz CT molecular complexity index is 1410. The maximum Gasteiger partial charge on any atom is 0.244 e. The maximum absolute atomic E-state index is 14.2. The fourth-order valence-corrected chi connectivity index (χ4v) is 6.92. The van der Waals surface area contributed by atoms with E-state index in [4.69, 9.17) is 16.1 Å². The van der Waals surface area contributed by atoms with Crippen LogP contribution in [0.2, 0.25) is 5.02 Å². The second-order valence-corrected chi connectivity index (χ2v) is 11.6. The van der Waals surface area contributed by atoms with Crippen molar-refractivity contribution in [3.8, 4) is 11.4 Å². The van der Waals surface area contributed by atoms with Gasteiger partial charge in [-0.25, -0.2) is 12.8 Å². The van der Waals surface area contributed by atoms with Crippen LogP contribution >= 0.6 is 11.6 Å². The van der Waals surface area contributed by atoms with Gasteiger partial charge < -0.3 is 14.3 Å². The number of amides is 1. The smallest absolute Gasteiger partial charge is 0.244 e. The molecule has 196 valence electrons. The Hall–Kier alpha value is -3.02. The topological polar surface area (TPSA) is 99.8 Å². The highest BCUT2D eigenvalue weighted by Gasteiger charge is 2.37. The molecule has 1 atom stereocenters. The van der Waals surface area contributed by atoms with Crippen LogP contribution in [0.5, 0.6) is 0 Å². The van der Waals surface area contributed by atoms with E-state index in [-0.39, 0.29) is 34.0 Å². The summed E-state index contributed by atoms with van der Waals surface area (Å²) in [4.78, 5) is 21.1. The van der Waals surface area contributed by atoms with Gasteiger partial charge in [-0.1, -0.05) is 28.9 Å². The van der Waals surface area contributed by atoms with E-state index >= 15 is 0 Å². The number of anilines is 1. The summed E-state index contributed by atoms with van der Waals surface area (Å²) < 4.78 is 47.7. The van der Waals surface area contributed by atoms with Crippen molar-refractivity contribution in [3.05, 3.63) is 59.2 Å². The Balaban J connectivity index is 1.28. The largest absolute Gasteiger partial charge is 0.366 e. The predicted molar refractivity (Wildman–Crippen MR) is 136 cm³/mol. The van der Waals surface area contributed by atoms with Gasteiger partial charge in [0.05, 0.1) is 16.6 Å². The second-order valence-electron chi connectivity index (χ2n) is 9.25. The molecule has 9 nitrogen and oxygen atoms in total.